The molecule has 0 aromatic carbocycles. The van der Waals surface area contributed by atoms with Crippen molar-refractivity contribution in [1.82, 2.24) is 10.2 Å². The molecule has 4 saturated carbocycles. The molecule has 7 unspecified atom stereocenters. The van der Waals surface area contributed by atoms with Gasteiger partial charge in [0.15, 0.2) is 0 Å². The first-order valence-corrected chi connectivity index (χ1v) is 15.4. The lowest BCUT2D eigenvalue weighted by atomic mass is 9.80. The molecule has 4 aliphatic carbocycles. The number of nitrogens with two attached hydrogens (primary N) is 1. The maximum Gasteiger partial charge on any atom is 0.00981 e. The van der Waals surface area contributed by atoms with E-state index in [4.69, 9.17) is 5.73 Å². The van der Waals surface area contributed by atoms with Crippen LogP contribution in [0.4, 0.5) is 0 Å². The molecule has 0 aromatic heterocycles. The number of likely N-dealkylation sites (tertiary alicyclic amines) is 1. The summed E-state index contributed by atoms with van der Waals surface area (Å²) in [7, 11) is 0. The van der Waals surface area contributed by atoms with Gasteiger partial charge in [0.1, 0.15) is 0 Å². The maximum atomic E-state index is 5.71. The molecule has 0 aromatic rings. The number of nitrogens with one attached hydrogen (secondary N) is 1. The molecule has 1 heterocycles. The average molecular weight is 458 g/mol. The van der Waals surface area contributed by atoms with E-state index in [1.54, 1.807) is 44.9 Å². The van der Waals surface area contributed by atoms with Crippen molar-refractivity contribution in [3.8, 4) is 0 Å². The SMILES string of the molecule is NCCCN1CCC(CNC(CCCCCCC2CC3CCC2C3)C2CC3CCC2C3)CC1. The van der Waals surface area contributed by atoms with Gasteiger partial charge in [-0.05, 0) is 138 Å². The van der Waals surface area contributed by atoms with E-state index in [0.29, 0.717) is 0 Å². The van der Waals surface area contributed by atoms with Crippen molar-refractivity contribution in [2.24, 2.45) is 47.2 Å². The van der Waals surface area contributed by atoms with Gasteiger partial charge in [-0.2, -0.15) is 0 Å². The molecule has 0 spiro atoms. The van der Waals surface area contributed by atoms with Gasteiger partial charge in [-0.25, -0.2) is 0 Å². The Hall–Kier alpha value is -0.120. The second kappa shape index (κ2) is 12.2. The van der Waals surface area contributed by atoms with Crippen LogP contribution in [-0.2, 0) is 0 Å². The summed E-state index contributed by atoms with van der Waals surface area (Å²) in [6.45, 7) is 5.94. The molecule has 1 saturated heterocycles. The molecule has 5 aliphatic rings. The monoisotopic (exact) mass is 457 g/mol. The first kappa shape index (κ1) is 24.6. The highest BCUT2D eigenvalue weighted by atomic mass is 15.1. The first-order chi connectivity index (χ1) is 16.3. The van der Waals surface area contributed by atoms with Crippen molar-refractivity contribution < 1.29 is 0 Å². The second-order valence-corrected chi connectivity index (χ2v) is 13.2. The molecule has 3 nitrogen and oxygen atoms in total. The largest absolute Gasteiger partial charge is 0.330 e. The summed E-state index contributed by atoms with van der Waals surface area (Å²) in [5.41, 5.74) is 5.71. The topological polar surface area (TPSA) is 41.3 Å². The van der Waals surface area contributed by atoms with E-state index in [1.165, 1.54) is 84.0 Å². The van der Waals surface area contributed by atoms with Gasteiger partial charge in [-0.3, -0.25) is 0 Å². The Morgan fingerprint density at radius 2 is 1.52 bits per heavy atom. The highest BCUT2D eigenvalue weighted by Gasteiger charge is 2.43. The third kappa shape index (κ3) is 6.56. The van der Waals surface area contributed by atoms with Crippen molar-refractivity contribution in [2.45, 2.75) is 115 Å². The minimum absolute atomic E-state index is 0.820. The van der Waals surface area contributed by atoms with E-state index in [9.17, 15) is 0 Å². The van der Waals surface area contributed by atoms with E-state index in [0.717, 1.165) is 60.4 Å². The average Bonchev–Trinajstić information content (AvgIpc) is 3.65. The lowest BCUT2D eigenvalue weighted by Crippen LogP contribution is -2.44. The van der Waals surface area contributed by atoms with Gasteiger partial charge >= 0.3 is 0 Å². The van der Waals surface area contributed by atoms with Gasteiger partial charge < -0.3 is 16.0 Å². The number of nitrogens with zero attached hydrogens (tertiary/aromatic N) is 1. The zero-order valence-electron chi connectivity index (χ0n) is 21.7. The molecule has 5 fully saturated rings. The lowest BCUT2D eigenvalue weighted by Gasteiger charge is -2.35. The Bertz CT molecular complexity index is 571. The van der Waals surface area contributed by atoms with Crippen LogP contribution in [0.2, 0.25) is 0 Å². The summed E-state index contributed by atoms with van der Waals surface area (Å²) >= 11 is 0. The van der Waals surface area contributed by atoms with Gasteiger partial charge in [0.25, 0.3) is 0 Å². The van der Waals surface area contributed by atoms with Crippen LogP contribution in [0.15, 0.2) is 0 Å². The number of rotatable bonds is 14. The van der Waals surface area contributed by atoms with Crippen LogP contribution in [0.5, 0.6) is 0 Å². The molecule has 190 valence electrons. The Morgan fingerprint density at radius 3 is 2.18 bits per heavy atom. The summed E-state index contributed by atoms with van der Waals surface area (Å²) in [5, 5.41) is 4.19. The first-order valence-electron chi connectivity index (χ1n) is 15.4. The lowest BCUT2D eigenvalue weighted by molar-refractivity contribution is 0.168. The predicted octanol–water partition coefficient (Wildman–Crippen LogP) is 6.22. The third-order valence-corrected chi connectivity index (χ3v) is 11.1. The molecule has 3 heteroatoms. The van der Waals surface area contributed by atoms with E-state index in [2.05, 4.69) is 10.2 Å². The molecule has 33 heavy (non-hydrogen) atoms. The Balaban J connectivity index is 0.999. The fraction of sp³-hybridized carbons (Fsp3) is 1.00. The summed E-state index contributed by atoms with van der Waals surface area (Å²) in [6, 6.07) is 0.820. The molecule has 4 bridgehead atoms. The molecule has 1 aliphatic heterocycles. The van der Waals surface area contributed by atoms with Gasteiger partial charge in [-0.15, -0.1) is 0 Å². The van der Waals surface area contributed by atoms with Gasteiger partial charge in [0.2, 0.25) is 0 Å². The molecule has 7 atom stereocenters. The summed E-state index contributed by atoms with van der Waals surface area (Å²) < 4.78 is 0. The van der Waals surface area contributed by atoms with Crippen molar-refractivity contribution >= 4 is 0 Å². The fourth-order valence-electron chi connectivity index (χ4n) is 9.16. The minimum atomic E-state index is 0.820. The summed E-state index contributed by atoms with van der Waals surface area (Å²) in [5.74, 6) is 7.43. The van der Waals surface area contributed by atoms with Crippen LogP contribution in [0.1, 0.15) is 109 Å². The Morgan fingerprint density at radius 1 is 0.758 bits per heavy atom. The molecule has 3 N–H and O–H groups in total. The minimum Gasteiger partial charge on any atom is -0.330 e. The number of fused-ring (bicyclic) bond motifs is 4. The van der Waals surface area contributed by atoms with E-state index >= 15 is 0 Å². The smallest absolute Gasteiger partial charge is 0.00981 e. The van der Waals surface area contributed by atoms with Crippen LogP contribution in [0.25, 0.3) is 0 Å². The zero-order valence-corrected chi connectivity index (χ0v) is 21.7. The standard InChI is InChI=1S/C30H55N3/c31-14-5-15-33-16-12-23(13-17-33)22-32-30(29-21-25-9-11-28(29)20-25)7-4-2-1-3-6-26-18-24-8-10-27(26)19-24/h23-30,32H,1-22,31H2. The Kier molecular flexibility index (Phi) is 9.10. The number of unbranched alkanes of at least 4 members (excludes halogenated alkanes) is 3. The highest BCUT2D eigenvalue weighted by molar-refractivity contribution is 4.95. The van der Waals surface area contributed by atoms with Crippen molar-refractivity contribution in [1.29, 1.82) is 0 Å². The summed E-state index contributed by atoms with van der Waals surface area (Å²) in [6.07, 6.45) is 25.4. The Labute approximate surface area is 205 Å². The van der Waals surface area contributed by atoms with Gasteiger partial charge in [0, 0.05) is 6.04 Å². The van der Waals surface area contributed by atoms with Crippen LogP contribution < -0.4 is 11.1 Å². The molecule has 0 amide bonds. The van der Waals surface area contributed by atoms with Crippen LogP contribution >= 0.6 is 0 Å². The van der Waals surface area contributed by atoms with Crippen molar-refractivity contribution in [2.75, 3.05) is 32.7 Å². The van der Waals surface area contributed by atoms with Crippen LogP contribution in [0.3, 0.4) is 0 Å². The fourth-order valence-corrected chi connectivity index (χ4v) is 9.16. The third-order valence-electron chi connectivity index (χ3n) is 11.1. The zero-order chi connectivity index (χ0) is 22.5. The number of hydrogen-bond acceptors (Lipinski definition) is 3. The van der Waals surface area contributed by atoms with Crippen LogP contribution in [0, 0.1) is 41.4 Å². The van der Waals surface area contributed by atoms with Gasteiger partial charge in [0.05, 0.1) is 0 Å². The molecule has 5 rings (SSSR count). The number of piperidine rings is 1. The van der Waals surface area contributed by atoms with E-state index in [-0.39, 0.29) is 0 Å². The van der Waals surface area contributed by atoms with E-state index in [1.807, 2.05) is 0 Å². The van der Waals surface area contributed by atoms with Crippen molar-refractivity contribution in [3.05, 3.63) is 0 Å². The maximum absolute atomic E-state index is 5.71. The molecular formula is C30H55N3. The van der Waals surface area contributed by atoms with Crippen molar-refractivity contribution in [3.63, 3.8) is 0 Å². The quantitative estimate of drug-likeness (QED) is 0.304. The predicted molar refractivity (Wildman–Crippen MR) is 140 cm³/mol. The number of hydrogen-bond donors (Lipinski definition) is 2. The van der Waals surface area contributed by atoms with Crippen LogP contribution in [-0.4, -0.2) is 43.7 Å². The van der Waals surface area contributed by atoms with Gasteiger partial charge in [-0.1, -0.05) is 44.9 Å². The van der Waals surface area contributed by atoms with E-state index < -0.39 is 0 Å². The second-order valence-electron chi connectivity index (χ2n) is 13.2. The summed E-state index contributed by atoms with van der Waals surface area (Å²) in [4.78, 5) is 2.65. The molecular weight excluding hydrogens is 402 g/mol. The molecule has 0 radical (unpaired) electrons. The normalized spacial score (nSPS) is 37.4. The highest BCUT2D eigenvalue weighted by Crippen LogP contribution is 2.51.